The lowest BCUT2D eigenvalue weighted by Gasteiger charge is -2.14. The van der Waals surface area contributed by atoms with E-state index in [4.69, 9.17) is 17.0 Å². The number of benzene rings is 1. The van der Waals surface area contributed by atoms with Gasteiger partial charge in [-0.25, -0.2) is 0 Å². The van der Waals surface area contributed by atoms with E-state index in [1.54, 1.807) is 29.2 Å². The van der Waals surface area contributed by atoms with Crippen LogP contribution in [0.15, 0.2) is 36.0 Å². The largest absolute Gasteiger partial charge is 0.495 e. The van der Waals surface area contributed by atoms with Gasteiger partial charge in [0.05, 0.1) is 18.4 Å². The zero-order chi connectivity index (χ0) is 16.1. The van der Waals surface area contributed by atoms with Gasteiger partial charge in [0.2, 0.25) is 0 Å². The van der Waals surface area contributed by atoms with Gasteiger partial charge < -0.3 is 20.3 Å². The van der Waals surface area contributed by atoms with E-state index in [0.717, 1.165) is 0 Å². The zero-order valence-electron chi connectivity index (χ0n) is 12.4. The molecule has 0 spiro atoms. The number of methoxy groups -OCH3 is 1. The average molecular weight is 319 g/mol. The van der Waals surface area contributed by atoms with Crippen LogP contribution in [-0.4, -0.2) is 41.9 Å². The monoisotopic (exact) mass is 319 g/mol. The number of thiocarbonyl (C=S) groups is 1. The maximum absolute atomic E-state index is 12.4. The second-order valence-electron chi connectivity index (χ2n) is 4.68. The highest BCUT2D eigenvalue weighted by Crippen LogP contribution is 2.23. The van der Waals surface area contributed by atoms with Gasteiger partial charge in [-0.15, -0.1) is 0 Å². The van der Waals surface area contributed by atoms with Crippen molar-refractivity contribution < 1.29 is 14.3 Å². The van der Waals surface area contributed by atoms with Gasteiger partial charge in [-0.2, -0.15) is 0 Å². The lowest BCUT2D eigenvalue weighted by Crippen LogP contribution is -2.27. The summed E-state index contributed by atoms with van der Waals surface area (Å²) in [5.41, 5.74) is 0.543. The van der Waals surface area contributed by atoms with Gasteiger partial charge in [0, 0.05) is 19.3 Å². The number of hydrogen-bond donors (Lipinski definition) is 2. The molecule has 1 aliphatic rings. The van der Waals surface area contributed by atoms with Gasteiger partial charge in [0.15, 0.2) is 10.9 Å². The summed E-state index contributed by atoms with van der Waals surface area (Å²) < 4.78 is 5.18. The Labute approximate surface area is 134 Å². The number of nitrogens with one attached hydrogen (secondary N) is 2. The van der Waals surface area contributed by atoms with Crippen molar-refractivity contribution in [1.82, 2.24) is 10.2 Å². The fourth-order valence-electron chi connectivity index (χ4n) is 2.01. The Balaban J connectivity index is 2.22. The number of hydrogen-bond acceptors (Lipinski definition) is 4. The third-order valence-corrected chi connectivity index (χ3v) is 3.53. The molecule has 0 bridgehead atoms. The first-order valence-electron chi connectivity index (χ1n) is 6.74. The number of amides is 1. The molecule has 6 nitrogen and oxygen atoms in total. The van der Waals surface area contributed by atoms with E-state index in [1.165, 1.54) is 20.2 Å². The molecule has 0 aromatic heterocycles. The van der Waals surface area contributed by atoms with Crippen LogP contribution in [0.4, 0.5) is 5.69 Å². The maximum Gasteiger partial charge on any atom is 0.260 e. The molecule has 1 aromatic carbocycles. The molecule has 1 amide bonds. The Morgan fingerprint density at radius 2 is 2.14 bits per heavy atom. The first-order valence-corrected chi connectivity index (χ1v) is 7.15. The molecule has 0 aliphatic carbocycles. The molecule has 0 unspecified atom stereocenters. The Kier molecular flexibility index (Phi) is 5.11. The third-order valence-electron chi connectivity index (χ3n) is 3.15. The van der Waals surface area contributed by atoms with Crippen LogP contribution in [0.3, 0.4) is 0 Å². The summed E-state index contributed by atoms with van der Waals surface area (Å²) in [6, 6.07) is 7.00. The smallest absolute Gasteiger partial charge is 0.260 e. The topological polar surface area (TPSA) is 70.7 Å². The van der Waals surface area contributed by atoms with Gasteiger partial charge in [-0.05, 0) is 31.3 Å². The number of carbonyl (C=O) groups is 2. The average Bonchev–Trinajstić information content (AvgIpc) is 2.90. The molecule has 2 rings (SSSR count). The highest BCUT2D eigenvalue weighted by atomic mass is 32.1. The van der Waals surface area contributed by atoms with Crippen LogP contribution in [-0.2, 0) is 9.59 Å². The standard InChI is InChI=1S/C15H17N3O3S/c1-10(19)11(9-18-8-7-16-15(18)22)14(20)17-12-5-3-4-6-13(12)21-2/h3-6,9H,7-8H2,1-2H3,(H,16,22)(H,17,20). The molecule has 1 saturated heterocycles. The normalized spacial score (nSPS) is 14.5. The zero-order valence-corrected chi connectivity index (χ0v) is 13.2. The van der Waals surface area contributed by atoms with Gasteiger partial charge in [-0.1, -0.05) is 12.1 Å². The predicted octanol–water partition coefficient (Wildman–Crippen LogP) is 1.30. The van der Waals surface area contributed by atoms with Crippen molar-refractivity contribution in [2.24, 2.45) is 0 Å². The fraction of sp³-hybridized carbons (Fsp3) is 0.267. The van der Waals surface area contributed by atoms with E-state index in [0.29, 0.717) is 29.6 Å². The summed E-state index contributed by atoms with van der Waals surface area (Å²) in [6.45, 7) is 2.66. The number of nitrogens with zero attached hydrogens (tertiary/aromatic N) is 1. The second-order valence-corrected chi connectivity index (χ2v) is 5.07. The SMILES string of the molecule is COc1ccccc1NC(=O)C(=CN1CCNC1=S)C(C)=O. The van der Waals surface area contributed by atoms with Gasteiger partial charge in [0.25, 0.3) is 5.91 Å². The van der Waals surface area contributed by atoms with Crippen molar-refractivity contribution in [3.8, 4) is 5.75 Å². The Bertz CT molecular complexity index is 643. The molecule has 116 valence electrons. The Morgan fingerprint density at radius 3 is 2.73 bits per heavy atom. The molecule has 2 N–H and O–H groups in total. The van der Waals surface area contributed by atoms with Gasteiger partial charge in [-0.3, -0.25) is 9.59 Å². The number of Topliss-reactive ketones (excluding diaryl/α,β-unsaturated/α-hetero) is 1. The van der Waals surface area contributed by atoms with E-state index in [-0.39, 0.29) is 11.4 Å². The summed E-state index contributed by atoms with van der Waals surface area (Å²) in [6.07, 6.45) is 1.48. The summed E-state index contributed by atoms with van der Waals surface area (Å²) in [4.78, 5) is 25.8. The maximum atomic E-state index is 12.4. The van der Waals surface area contributed by atoms with Gasteiger partial charge in [0.1, 0.15) is 5.75 Å². The molecule has 1 heterocycles. The molecular weight excluding hydrogens is 302 g/mol. The summed E-state index contributed by atoms with van der Waals surface area (Å²) >= 11 is 5.11. The van der Waals surface area contributed by atoms with Crippen molar-refractivity contribution in [3.63, 3.8) is 0 Å². The first-order chi connectivity index (χ1) is 10.5. The highest BCUT2D eigenvalue weighted by Gasteiger charge is 2.21. The van der Waals surface area contributed by atoms with E-state index in [1.807, 2.05) is 0 Å². The quantitative estimate of drug-likeness (QED) is 0.369. The van der Waals surface area contributed by atoms with Crippen LogP contribution in [0.1, 0.15) is 6.92 Å². The second kappa shape index (κ2) is 7.04. The van der Waals surface area contributed by atoms with Gasteiger partial charge >= 0.3 is 0 Å². The predicted molar refractivity (Wildman–Crippen MR) is 87.7 cm³/mol. The third kappa shape index (κ3) is 3.62. The van der Waals surface area contributed by atoms with Crippen LogP contribution in [0.25, 0.3) is 0 Å². The lowest BCUT2D eigenvalue weighted by molar-refractivity contribution is -0.119. The lowest BCUT2D eigenvalue weighted by atomic mass is 10.1. The van der Waals surface area contributed by atoms with Crippen molar-refractivity contribution in [3.05, 3.63) is 36.0 Å². The highest BCUT2D eigenvalue weighted by molar-refractivity contribution is 7.80. The number of carbonyl (C=O) groups excluding carboxylic acids is 2. The molecular formula is C15H17N3O3S. The molecule has 1 aromatic rings. The summed E-state index contributed by atoms with van der Waals surface area (Å²) in [5.74, 6) is -0.300. The minimum Gasteiger partial charge on any atom is -0.495 e. The number of anilines is 1. The van der Waals surface area contributed by atoms with Crippen molar-refractivity contribution in [2.45, 2.75) is 6.92 Å². The van der Waals surface area contributed by atoms with E-state index in [2.05, 4.69) is 10.6 Å². The molecule has 0 radical (unpaired) electrons. The van der Waals surface area contributed by atoms with E-state index in [9.17, 15) is 9.59 Å². The van der Waals surface area contributed by atoms with Crippen molar-refractivity contribution in [2.75, 3.05) is 25.5 Å². The molecule has 1 fully saturated rings. The van der Waals surface area contributed by atoms with Crippen LogP contribution < -0.4 is 15.4 Å². The van der Waals surface area contributed by atoms with E-state index >= 15 is 0 Å². The minimum absolute atomic E-state index is 0.0388. The van der Waals surface area contributed by atoms with Crippen LogP contribution in [0.5, 0.6) is 5.75 Å². The molecule has 22 heavy (non-hydrogen) atoms. The van der Waals surface area contributed by atoms with E-state index < -0.39 is 5.91 Å². The number of ketones is 1. The Hall–Kier alpha value is -2.41. The number of ether oxygens (including phenoxy) is 1. The molecule has 0 saturated carbocycles. The molecule has 0 atom stereocenters. The fourth-order valence-corrected chi connectivity index (χ4v) is 2.26. The van der Waals surface area contributed by atoms with Crippen molar-refractivity contribution in [1.29, 1.82) is 0 Å². The number of rotatable bonds is 5. The van der Waals surface area contributed by atoms with Crippen LogP contribution >= 0.6 is 12.2 Å². The minimum atomic E-state index is -0.494. The summed E-state index contributed by atoms with van der Waals surface area (Å²) in [5, 5.41) is 6.16. The first kappa shape index (κ1) is 16.0. The molecule has 1 aliphatic heterocycles. The van der Waals surface area contributed by atoms with Crippen molar-refractivity contribution >= 4 is 34.7 Å². The Morgan fingerprint density at radius 1 is 1.41 bits per heavy atom. The number of para-hydroxylation sites is 2. The summed E-state index contributed by atoms with van der Waals surface area (Å²) in [7, 11) is 1.51. The van der Waals surface area contributed by atoms with Crippen LogP contribution in [0.2, 0.25) is 0 Å². The van der Waals surface area contributed by atoms with Crippen LogP contribution in [0, 0.1) is 0 Å². The molecule has 7 heteroatoms.